The molecule has 6 heteroatoms. The average Bonchev–Trinajstić information content (AvgIpc) is 2.53. The summed E-state index contributed by atoms with van der Waals surface area (Å²) in [6.45, 7) is 1.97. The van der Waals surface area contributed by atoms with Crippen molar-refractivity contribution in [3.05, 3.63) is 33.9 Å². The summed E-state index contributed by atoms with van der Waals surface area (Å²) in [4.78, 5) is 23.0. The van der Waals surface area contributed by atoms with Gasteiger partial charge in [-0.05, 0) is 75.3 Å². The molecule has 4 fully saturated rings. The van der Waals surface area contributed by atoms with Gasteiger partial charge in [0.2, 0.25) is 0 Å². The van der Waals surface area contributed by atoms with E-state index in [1.54, 1.807) is 19.1 Å². The fraction of sp³-hybridized carbons (Fsp3) is 0.632. The van der Waals surface area contributed by atoms with Crippen molar-refractivity contribution in [3.8, 4) is 0 Å². The molecule has 0 aliphatic heterocycles. The van der Waals surface area contributed by atoms with Gasteiger partial charge in [-0.3, -0.25) is 10.1 Å². The van der Waals surface area contributed by atoms with E-state index in [4.69, 9.17) is 4.74 Å². The number of benzene rings is 1. The molecule has 1 aromatic rings. The largest absolute Gasteiger partial charge is 0.462 e. The van der Waals surface area contributed by atoms with Crippen molar-refractivity contribution in [2.24, 2.45) is 17.8 Å². The molecule has 4 aliphatic rings. The normalized spacial score (nSPS) is 32.4. The monoisotopic (exact) mass is 344 g/mol. The first-order valence-corrected chi connectivity index (χ1v) is 9.22. The Morgan fingerprint density at radius 1 is 1.24 bits per heavy atom. The molecule has 0 saturated heterocycles. The molecule has 4 saturated carbocycles. The van der Waals surface area contributed by atoms with Gasteiger partial charge < -0.3 is 10.1 Å². The van der Waals surface area contributed by atoms with Crippen LogP contribution in [0.15, 0.2) is 18.2 Å². The summed E-state index contributed by atoms with van der Waals surface area (Å²) >= 11 is 0. The maximum atomic E-state index is 11.9. The van der Waals surface area contributed by atoms with Crippen molar-refractivity contribution >= 4 is 17.3 Å². The number of nitrogens with one attached hydrogen (secondary N) is 1. The topological polar surface area (TPSA) is 81.5 Å². The molecule has 0 amide bonds. The molecule has 134 valence electrons. The lowest BCUT2D eigenvalue weighted by Gasteiger charge is -2.57. The van der Waals surface area contributed by atoms with Crippen LogP contribution in [0, 0.1) is 27.9 Å². The van der Waals surface area contributed by atoms with Crippen molar-refractivity contribution in [3.63, 3.8) is 0 Å². The fourth-order valence-electron chi connectivity index (χ4n) is 5.68. The predicted octanol–water partition coefficient (Wildman–Crippen LogP) is 4.15. The highest BCUT2D eigenvalue weighted by atomic mass is 16.6. The zero-order valence-corrected chi connectivity index (χ0v) is 14.5. The maximum absolute atomic E-state index is 11.9. The number of rotatable bonds is 5. The van der Waals surface area contributed by atoms with Crippen LogP contribution in [0.5, 0.6) is 0 Å². The molecule has 4 bridgehead atoms. The summed E-state index contributed by atoms with van der Waals surface area (Å²) in [6.07, 6.45) is 7.29. The van der Waals surface area contributed by atoms with Crippen molar-refractivity contribution < 1.29 is 14.5 Å². The number of carbonyl (C=O) groups is 1. The van der Waals surface area contributed by atoms with E-state index in [0.717, 1.165) is 37.0 Å². The Balaban J connectivity index is 1.62. The summed E-state index contributed by atoms with van der Waals surface area (Å²) in [5.41, 5.74) is 0.705. The van der Waals surface area contributed by atoms with Crippen molar-refractivity contribution in [2.75, 3.05) is 11.9 Å². The van der Waals surface area contributed by atoms with Gasteiger partial charge in [-0.2, -0.15) is 0 Å². The minimum Gasteiger partial charge on any atom is -0.462 e. The van der Waals surface area contributed by atoms with Gasteiger partial charge in [0, 0.05) is 11.6 Å². The van der Waals surface area contributed by atoms with Crippen LogP contribution in [0.2, 0.25) is 0 Å². The molecule has 0 heterocycles. The van der Waals surface area contributed by atoms with Gasteiger partial charge in [0.05, 0.1) is 17.1 Å². The molecule has 0 radical (unpaired) electrons. The number of nitrogens with zero attached hydrogens (tertiary/aromatic N) is 1. The molecule has 0 aromatic heterocycles. The lowest BCUT2D eigenvalue weighted by Crippen LogP contribution is -2.54. The number of nitro benzene ring substituents is 1. The average molecular weight is 344 g/mol. The summed E-state index contributed by atoms with van der Waals surface area (Å²) < 4.78 is 4.95. The lowest BCUT2D eigenvalue weighted by molar-refractivity contribution is -0.384. The van der Waals surface area contributed by atoms with Gasteiger partial charge in [0.25, 0.3) is 5.69 Å². The van der Waals surface area contributed by atoms with Crippen molar-refractivity contribution in [1.29, 1.82) is 0 Å². The molecule has 5 rings (SSSR count). The number of hydrogen-bond acceptors (Lipinski definition) is 5. The maximum Gasteiger partial charge on any atom is 0.338 e. The minimum atomic E-state index is -0.521. The Bertz CT molecular complexity index is 680. The standard InChI is InChI=1S/C19H24N2O4/c1-2-25-18(22)15-3-4-16(17(8-15)21(23)24)20-19-9-12-5-13(10-19)7-14(6-12)11-19/h3-4,8,12-14,20H,2,5-7,9-11H2,1H3. The summed E-state index contributed by atoms with van der Waals surface area (Å²) in [5.74, 6) is 1.76. The van der Waals surface area contributed by atoms with Gasteiger partial charge in [0.1, 0.15) is 5.69 Å². The summed E-state index contributed by atoms with van der Waals surface area (Å²) in [7, 11) is 0. The number of anilines is 1. The molecule has 0 spiro atoms. The Labute approximate surface area is 147 Å². The molecular formula is C19H24N2O4. The zero-order chi connectivity index (χ0) is 17.6. The predicted molar refractivity (Wildman–Crippen MR) is 93.6 cm³/mol. The fourth-order valence-corrected chi connectivity index (χ4v) is 5.68. The number of ether oxygens (including phenoxy) is 1. The molecule has 6 nitrogen and oxygen atoms in total. The van der Waals surface area contributed by atoms with E-state index in [9.17, 15) is 14.9 Å². The van der Waals surface area contributed by atoms with Gasteiger partial charge in [0.15, 0.2) is 0 Å². The highest BCUT2D eigenvalue weighted by Gasteiger charge is 2.51. The number of hydrogen-bond donors (Lipinski definition) is 1. The van der Waals surface area contributed by atoms with Crippen LogP contribution in [-0.2, 0) is 4.74 Å². The van der Waals surface area contributed by atoms with E-state index in [1.807, 2.05) is 0 Å². The van der Waals surface area contributed by atoms with Crippen LogP contribution in [0.25, 0.3) is 0 Å². The second-order valence-corrected chi connectivity index (χ2v) is 8.03. The molecule has 4 aliphatic carbocycles. The summed E-state index contributed by atoms with van der Waals surface area (Å²) in [6, 6.07) is 4.62. The third-order valence-corrected chi connectivity index (χ3v) is 6.14. The van der Waals surface area contributed by atoms with E-state index in [0.29, 0.717) is 5.69 Å². The van der Waals surface area contributed by atoms with Crippen LogP contribution >= 0.6 is 0 Å². The number of carbonyl (C=O) groups excluding carboxylic acids is 1. The van der Waals surface area contributed by atoms with E-state index in [-0.39, 0.29) is 23.4 Å². The molecule has 0 unspecified atom stereocenters. The molecule has 25 heavy (non-hydrogen) atoms. The van der Waals surface area contributed by atoms with E-state index < -0.39 is 10.9 Å². The second kappa shape index (κ2) is 6.00. The third kappa shape index (κ3) is 2.98. The van der Waals surface area contributed by atoms with Gasteiger partial charge in [-0.25, -0.2) is 4.79 Å². The van der Waals surface area contributed by atoms with Crippen LogP contribution in [0.1, 0.15) is 55.8 Å². The van der Waals surface area contributed by atoms with E-state index in [1.165, 1.54) is 25.3 Å². The Morgan fingerprint density at radius 2 is 1.84 bits per heavy atom. The van der Waals surface area contributed by atoms with Crippen LogP contribution in [0.3, 0.4) is 0 Å². The number of nitro groups is 1. The molecule has 0 atom stereocenters. The minimum absolute atomic E-state index is 0.00897. The lowest BCUT2D eigenvalue weighted by atomic mass is 9.53. The summed E-state index contributed by atoms with van der Waals surface area (Å²) in [5, 5.41) is 15.1. The first kappa shape index (κ1) is 16.4. The first-order chi connectivity index (χ1) is 12.0. The van der Waals surface area contributed by atoms with Crippen LogP contribution < -0.4 is 5.32 Å². The highest BCUT2D eigenvalue weighted by Crippen LogP contribution is 2.57. The van der Waals surface area contributed by atoms with Gasteiger partial charge in [-0.15, -0.1) is 0 Å². The molecule has 1 aromatic carbocycles. The molecule has 1 N–H and O–H groups in total. The zero-order valence-electron chi connectivity index (χ0n) is 14.5. The third-order valence-electron chi connectivity index (χ3n) is 6.14. The van der Waals surface area contributed by atoms with Crippen LogP contribution in [0.4, 0.5) is 11.4 Å². The van der Waals surface area contributed by atoms with E-state index in [2.05, 4.69) is 5.32 Å². The quantitative estimate of drug-likeness (QED) is 0.493. The Kier molecular flexibility index (Phi) is 3.93. The first-order valence-electron chi connectivity index (χ1n) is 9.22. The number of esters is 1. The Morgan fingerprint density at radius 3 is 2.36 bits per heavy atom. The molecular weight excluding hydrogens is 320 g/mol. The Hall–Kier alpha value is -2.11. The van der Waals surface area contributed by atoms with Gasteiger partial charge >= 0.3 is 5.97 Å². The highest BCUT2D eigenvalue weighted by molar-refractivity contribution is 5.91. The SMILES string of the molecule is CCOC(=O)c1ccc(NC23CC4CC(CC(C4)C2)C3)c([N+](=O)[O-])c1. The van der Waals surface area contributed by atoms with Crippen molar-refractivity contribution in [2.45, 2.75) is 51.0 Å². The van der Waals surface area contributed by atoms with Gasteiger partial charge in [-0.1, -0.05) is 0 Å². The van der Waals surface area contributed by atoms with E-state index >= 15 is 0 Å². The van der Waals surface area contributed by atoms with Crippen LogP contribution in [-0.4, -0.2) is 23.0 Å². The smallest absolute Gasteiger partial charge is 0.338 e. The van der Waals surface area contributed by atoms with Crippen molar-refractivity contribution in [1.82, 2.24) is 0 Å². The second-order valence-electron chi connectivity index (χ2n) is 8.03.